The molecule has 14 heavy (non-hydrogen) atoms. The summed E-state index contributed by atoms with van der Waals surface area (Å²) in [5.41, 5.74) is 1.26. The maximum absolute atomic E-state index is 5.05. The Kier molecular flexibility index (Phi) is 3.91. The number of rotatable bonds is 4. The van der Waals surface area contributed by atoms with Gasteiger partial charge in [-0.3, -0.25) is 0 Å². The standard InChI is InChI=1S/C10H15N3O/c1-8(2)4-5-11-9-10(14-3)13-7-6-12-9/h4,6-7H,5H2,1-3H3,(H,11,12). The summed E-state index contributed by atoms with van der Waals surface area (Å²) in [6, 6.07) is 0. The van der Waals surface area contributed by atoms with E-state index >= 15 is 0 Å². The molecule has 0 aliphatic carbocycles. The van der Waals surface area contributed by atoms with Crippen molar-refractivity contribution in [3.05, 3.63) is 24.0 Å². The van der Waals surface area contributed by atoms with E-state index in [0.29, 0.717) is 11.7 Å². The van der Waals surface area contributed by atoms with Gasteiger partial charge in [0.15, 0.2) is 5.82 Å². The van der Waals surface area contributed by atoms with Crippen LogP contribution in [0.25, 0.3) is 0 Å². The summed E-state index contributed by atoms with van der Waals surface area (Å²) in [6.45, 7) is 4.84. The lowest BCUT2D eigenvalue weighted by atomic mass is 10.3. The molecule has 1 heterocycles. The van der Waals surface area contributed by atoms with Crippen molar-refractivity contribution in [1.82, 2.24) is 9.97 Å². The number of anilines is 1. The van der Waals surface area contributed by atoms with Crippen LogP contribution in [0.4, 0.5) is 5.82 Å². The fourth-order valence-corrected chi connectivity index (χ4v) is 0.948. The van der Waals surface area contributed by atoms with Crippen LogP contribution in [0.3, 0.4) is 0 Å². The SMILES string of the molecule is COc1nccnc1NCC=C(C)C. The summed E-state index contributed by atoms with van der Waals surface area (Å²) in [6.07, 6.45) is 5.31. The molecule has 1 aromatic rings. The Hall–Kier alpha value is -1.58. The van der Waals surface area contributed by atoms with Gasteiger partial charge in [0.25, 0.3) is 5.88 Å². The Balaban J connectivity index is 2.62. The zero-order chi connectivity index (χ0) is 10.4. The summed E-state index contributed by atoms with van der Waals surface area (Å²) < 4.78 is 5.05. The van der Waals surface area contributed by atoms with Gasteiger partial charge in [-0.1, -0.05) is 11.6 Å². The molecule has 1 rings (SSSR count). The highest BCUT2D eigenvalue weighted by Crippen LogP contribution is 2.15. The minimum atomic E-state index is 0.523. The van der Waals surface area contributed by atoms with Crippen molar-refractivity contribution < 1.29 is 4.74 Å². The van der Waals surface area contributed by atoms with Gasteiger partial charge in [0.2, 0.25) is 0 Å². The zero-order valence-corrected chi connectivity index (χ0v) is 8.74. The molecule has 0 saturated heterocycles. The van der Waals surface area contributed by atoms with Crippen LogP contribution < -0.4 is 10.1 Å². The van der Waals surface area contributed by atoms with E-state index in [1.165, 1.54) is 5.57 Å². The Labute approximate surface area is 84.0 Å². The van der Waals surface area contributed by atoms with Gasteiger partial charge in [-0.15, -0.1) is 0 Å². The number of aromatic nitrogens is 2. The van der Waals surface area contributed by atoms with Gasteiger partial charge in [-0.25, -0.2) is 9.97 Å². The molecule has 0 atom stereocenters. The van der Waals surface area contributed by atoms with Crippen LogP contribution >= 0.6 is 0 Å². The number of nitrogens with one attached hydrogen (secondary N) is 1. The minimum Gasteiger partial charge on any atom is -0.478 e. The first-order chi connectivity index (χ1) is 6.74. The molecule has 4 nitrogen and oxygen atoms in total. The molecule has 0 fully saturated rings. The van der Waals surface area contributed by atoms with Crippen LogP contribution in [0.2, 0.25) is 0 Å². The van der Waals surface area contributed by atoms with E-state index < -0.39 is 0 Å². The van der Waals surface area contributed by atoms with Crippen molar-refractivity contribution in [3.8, 4) is 5.88 Å². The number of allylic oxidation sites excluding steroid dienone is 1. The third kappa shape index (κ3) is 3.05. The molecule has 76 valence electrons. The highest BCUT2D eigenvalue weighted by molar-refractivity contribution is 5.44. The molecule has 1 aromatic heterocycles. The number of ether oxygens (including phenoxy) is 1. The average molecular weight is 193 g/mol. The Morgan fingerprint density at radius 2 is 2.14 bits per heavy atom. The molecular formula is C10H15N3O. The molecule has 0 aliphatic rings. The fraction of sp³-hybridized carbons (Fsp3) is 0.400. The summed E-state index contributed by atoms with van der Waals surface area (Å²) in [5, 5.41) is 3.12. The van der Waals surface area contributed by atoms with E-state index in [1.807, 2.05) is 0 Å². The van der Waals surface area contributed by atoms with Crippen LogP contribution in [0, 0.1) is 0 Å². The molecule has 0 bridgehead atoms. The van der Waals surface area contributed by atoms with Gasteiger partial charge < -0.3 is 10.1 Å². The van der Waals surface area contributed by atoms with E-state index in [-0.39, 0.29) is 0 Å². The zero-order valence-electron chi connectivity index (χ0n) is 8.74. The van der Waals surface area contributed by atoms with Gasteiger partial charge in [0.05, 0.1) is 7.11 Å². The predicted octanol–water partition coefficient (Wildman–Crippen LogP) is 1.86. The van der Waals surface area contributed by atoms with Crippen molar-refractivity contribution in [3.63, 3.8) is 0 Å². The van der Waals surface area contributed by atoms with Gasteiger partial charge in [0, 0.05) is 18.9 Å². The van der Waals surface area contributed by atoms with Crippen molar-refractivity contribution >= 4 is 5.82 Å². The van der Waals surface area contributed by atoms with E-state index in [0.717, 1.165) is 6.54 Å². The summed E-state index contributed by atoms with van der Waals surface area (Å²) >= 11 is 0. The maximum Gasteiger partial charge on any atom is 0.257 e. The van der Waals surface area contributed by atoms with Gasteiger partial charge in [0.1, 0.15) is 0 Å². The molecule has 4 heteroatoms. The van der Waals surface area contributed by atoms with Gasteiger partial charge >= 0.3 is 0 Å². The summed E-state index contributed by atoms with van der Waals surface area (Å²) in [4.78, 5) is 8.15. The Morgan fingerprint density at radius 1 is 1.43 bits per heavy atom. The number of hydrogen-bond acceptors (Lipinski definition) is 4. The minimum absolute atomic E-state index is 0.523. The normalized spacial score (nSPS) is 9.36. The first-order valence-electron chi connectivity index (χ1n) is 4.46. The van der Waals surface area contributed by atoms with Gasteiger partial charge in [-0.05, 0) is 13.8 Å². The highest BCUT2D eigenvalue weighted by Gasteiger charge is 2.01. The van der Waals surface area contributed by atoms with Crippen molar-refractivity contribution in [2.24, 2.45) is 0 Å². The van der Waals surface area contributed by atoms with Gasteiger partial charge in [-0.2, -0.15) is 0 Å². The molecule has 0 aliphatic heterocycles. The molecule has 0 spiro atoms. The summed E-state index contributed by atoms with van der Waals surface area (Å²) in [5.74, 6) is 1.20. The number of hydrogen-bond donors (Lipinski definition) is 1. The molecule has 0 radical (unpaired) electrons. The smallest absolute Gasteiger partial charge is 0.257 e. The maximum atomic E-state index is 5.05. The summed E-state index contributed by atoms with van der Waals surface area (Å²) in [7, 11) is 1.58. The van der Waals surface area contributed by atoms with Crippen molar-refractivity contribution in [2.45, 2.75) is 13.8 Å². The number of methoxy groups -OCH3 is 1. The molecule has 0 unspecified atom stereocenters. The quantitative estimate of drug-likeness (QED) is 0.741. The first-order valence-corrected chi connectivity index (χ1v) is 4.46. The second kappa shape index (κ2) is 5.21. The Bertz CT molecular complexity index is 319. The molecule has 1 N–H and O–H groups in total. The second-order valence-electron chi connectivity index (χ2n) is 3.08. The van der Waals surface area contributed by atoms with E-state index in [2.05, 4.69) is 35.2 Å². The molecular weight excluding hydrogens is 178 g/mol. The van der Waals surface area contributed by atoms with E-state index in [4.69, 9.17) is 4.74 Å². The van der Waals surface area contributed by atoms with E-state index in [9.17, 15) is 0 Å². The topological polar surface area (TPSA) is 47.0 Å². The second-order valence-corrected chi connectivity index (χ2v) is 3.08. The van der Waals surface area contributed by atoms with Crippen LogP contribution in [-0.4, -0.2) is 23.6 Å². The largest absolute Gasteiger partial charge is 0.478 e. The molecule has 0 aromatic carbocycles. The van der Waals surface area contributed by atoms with Crippen LogP contribution in [-0.2, 0) is 0 Å². The number of nitrogens with zero attached hydrogens (tertiary/aromatic N) is 2. The highest BCUT2D eigenvalue weighted by atomic mass is 16.5. The van der Waals surface area contributed by atoms with Crippen LogP contribution in [0.15, 0.2) is 24.0 Å². The molecule has 0 amide bonds. The molecule has 0 saturated carbocycles. The lowest BCUT2D eigenvalue weighted by molar-refractivity contribution is 0.398. The Morgan fingerprint density at radius 3 is 2.79 bits per heavy atom. The lowest BCUT2D eigenvalue weighted by Gasteiger charge is -2.06. The van der Waals surface area contributed by atoms with E-state index in [1.54, 1.807) is 19.5 Å². The first kappa shape index (κ1) is 10.5. The van der Waals surface area contributed by atoms with Crippen molar-refractivity contribution in [2.75, 3.05) is 19.0 Å². The third-order valence-corrected chi connectivity index (χ3v) is 1.64. The van der Waals surface area contributed by atoms with Crippen LogP contribution in [0.1, 0.15) is 13.8 Å². The predicted molar refractivity (Wildman–Crippen MR) is 56.5 cm³/mol. The van der Waals surface area contributed by atoms with Crippen molar-refractivity contribution in [1.29, 1.82) is 0 Å². The third-order valence-electron chi connectivity index (χ3n) is 1.64. The van der Waals surface area contributed by atoms with Crippen LogP contribution in [0.5, 0.6) is 5.88 Å². The lowest BCUT2D eigenvalue weighted by Crippen LogP contribution is -2.04. The fourth-order valence-electron chi connectivity index (χ4n) is 0.948. The average Bonchev–Trinajstić information content (AvgIpc) is 2.18. The monoisotopic (exact) mass is 193 g/mol.